The van der Waals surface area contributed by atoms with E-state index in [0.29, 0.717) is 34.5 Å². The number of benzene rings is 6. The van der Waals surface area contributed by atoms with Crippen LogP contribution in [0.25, 0.3) is 0 Å². The van der Waals surface area contributed by atoms with Crippen LogP contribution in [0.5, 0.6) is 69.0 Å². The van der Waals surface area contributed by atoms with E-state index < -0.39 is 0 Å². The molecule has 0 fully saturated rings. The van der Waals surface area contributed by atoms with Crippen LogP contribution < -0.4 is 14.2 Å². The number of aromatic hydroxyl groups is 6. The first-order chi connectivity index (χ1) is 26.6. The van der Waals surface area contributed by atoms with Gasteiger partial charge in [0.15, 0.2) is 0 Å². The molecule has 9 heteroatoms. The van der Waals surface area contributed by atoms with Gasteiger partial charge in [0.05, 0.1) is 0 Å². The molecule has 6 aromatic rings. The van der Waals surface area contributed by atoms with Crippen molar-refractivity contribution in [2.75, 3.05) is 0 Å². The van der Waals surface area contributed by atoms with Crippen LogP contribution >= 0.6 is 0 Å². The van der Waals surface area contributed by atoms with Crippen LogP contribution in [0.2, 0.25) is 0 Å². The van der Waals surface area contributed by atoms with Crippen molar-refractivity contribution in [3.8, 4) is 69.0 Å². The molecule has 9 nitrogen and oxygen atoms in total. The van der Waals surface area contributed by atoms with Crippen molar-refractivity contribution >= 4 is 0 Å². The number of hydrogen-bond donors (Lipinski definition) is 6. The van der Waals surface area contributed by atoms with E-state index >= 15 is 0 Å². The van der Waals surface area contributed by atoms with E-state index in [0.717, 1.165) is 84.0 Å². The molecule has 0 saturated carbocycles. The largest absolute Gasteiger partial charge is 0.508 e. The summed E-state index contributed by atoms with van der Waals surface area (Å²) in [6, 6.07) is 20.8. The predicted octanol–water partition coefficient (Wildman–Crippen LogP) is 12.4. The third-order valence-electron chi connectivity index (χ3n) is 9.39. The van der Waals surface area contributed by atoms with Crippen molar-refractivity contribution in [2.45, 2.75) is 83.1 Å². The first kappa shape index (κ1) is 43.3. The summed E-state index contributed by atoms with van der Waals surface area (Å²) in [7, 11) is 0. The highest BCUT2D eigenvalue weighted by Crippen LogP contribution is 2.37. The van der Waals surface area contributed by atoms with Crippen molar-refractivity contribution in [2.24, 2.45) is 0 Å². The Balaban J connectivity index is 0.000000189. The Bertz CT molecular complexity index is 2020. The third kappa shape index (κ3) is 10.9. The van der Waals surface area contributed by atoms with Gasteiger partial charge in [-0.3, -0.25) is 0 Å². The van der Waals surface area contributed by atoms with Crippen LogP contribution in [0.3, 0.4) is 0 Å². The first-order valence-corrected chi connectivity index (χ1v) is 18.5. The summed E-state index contributed by atoms with van der Waals surface area (Å²) >= 11 is 0. The summed E-state index contributed by atoms with van der Waals surface area (Å²) in [4.78, 5) is 0. The van der Waals surface area contributed by atoms with Crippen LogP contribution in [0, 0.1) is 83.1 Å². The van der Waals surface area contributed by atoms with Gasteiger partial charge in [0.25, 0.3) is 0 Å². The Morgan fingerprint density at radius 1 is 0.246 bits per heavy atom. The van der Waals surface area contributed by atoms with Crippen molar-refractivity contribution in [1.82, 2.24) is 0 Å². The van der Waals surface area contributed by atoms with Gasteiger partial charge in [0.1, 0.15) is 69.0 Å². The average molecular weight is 775 g/mol. The molecule has 0 spiro atoms. The van der Waals surface area contributed by atoms with E-state index in [9.17, 15) is 30.6 Å². The van der Waals surface area contributed by atoms with E-state index in [-0.39, 0.29) is 17.2 Å². The summed E-state index contributed by atoms with van der Waals surface area (Å²) in [5.41, 5.74) is 9.94. The number of ether oxygens (including phenoxy) is 3. The van der Waals surface area contributed by atoms with E-state index in [2.05, 4.69) is 0 Å². The molecule has 0 amide bonds. The van der Waals surface area contributed by atoms with Crippen molar-refractivity contribution in [1.29, 1.82) is 0 Å². The van der Waals surface area contributed by atoms with Gasteiger partial charge in [0, 0.05) is 0 Å². The number of rotatable bonds is 6. The molecular weight excluding hydrogens is 721 g/mol. The number of aryl methyl sites for hydroxylation is 12. The molecule has 0 heterocycles. The zero-order chi connectivity index (χ0) is 42.5. The van der Waals surface area contributed by atoms with Gasteiger partial charge in [0.2, 0.25) is 0 Å². The second kappa shape index (κ2) is 18.0. The molecular formula is C48H54O9. The summed E-state index contributed by atoms with van der Waals surface area (Å²) in [5.74, 6) is 5.87. The molecule has 57 heavy (non-hydrogen) atoms. The minimum atomic E-state index is 0.236. The Morgan fingerprint density at radius 3 is 0.561 bits per heavy atom. The molecule has 0 aliphatic rings. The number of phenolic OH excluding ortho intramolecular Hbond substituents is 6. The van der Waals surface area contributed by atoms with Crippen LogP contribution in [-0.2, 0) is 0 Å². The smallest absolute Gasteiger partial charge is 0.133 e. The van der Waals surface area contributed by atoms with Gasteiger partial charge in [-0.15, -0.1) is 0 Å². The van der Waals surface area contributed by atoms with Crippen LogP contribution in [0.15, 0.2) is 72.8 Å². The summed E-state index contributed by atoms with van der Waals surface area (Å²) < 4.78 is 17.7. The lowest BCUT2D eigenvalue weighted by molar-refractivity contribution is 0.449. The minimum absolute atomic E-state index is 0.236. The van der Waals surface area contributed by atoms with Crippen LogP contribution in [0.1, 0.15) is 66.8 Å². The quantitative estimate of drug-likeness (QED) is 0.0972. The van der Waals surface area contributed by atoms with Gasteiger partial charge < -0.3 is 44.8 Å². The van der Waals surface area contributed by atoms with Crippen molar-refractivity contribution in [3.63, 3.8) is 0 Å². The Morgan fingerprint density at radius 2 is 0.404 bits per heavy atom. The normalized spacial score (nSPS) is 10.5. The maximum Gasteiger partial charge on any atom is 0.133 e. The number of hydrogen-bond acceptors (Lipinski definition) is 9. The molecule has 0 radical (unpaired) electrons. The summed E-state index contributed by atoms with van der Waals surface area (Å²) in [6.45, 7) is 22.4. The zero-order valence-corrected chi connectivity index (χ0v) is 34.8. The topological polar surface area (TPSA) is 149 Å². The highest BCUT2D eigenvalue weighted by atomic mass is 16.5. The van der Waals surface area contributed by atoms with E-state index in [1.807, 2.05) is 83.1 Å². The molecule has 6 N–H and O–H groups in total. The third-order valence-corrected chi connectivity index (χ3v) is 9.39. The van der Waals surface area contributed by atoms with E-state index in [1.165, 1.54) is 0 Å². The fourth-order valence-corrected chi connectivity index (χ4v) is 6.54. The highest BCUT2D eigenvalue weighted by molar-refractivity contribution is 5.53. The standard InChI is InChI=1S/3C16H18O3/c3*1-9-7-14(8-10(2)15(9)18)19-16-11(3)5-13(17)6-12(16)4/h3*5-8,17-18H,1-4H3. The minimum Gasteiger partial charge on any atom is -0.508 e. The second-order valence-electron chi connectivity index (χ2n) is 14.7. The molecule has 0 atom stereocenters. The molecule has 300 valence electrons. The fraction of sp³-hybridized carbons (Fsp3) is 0.250. The lowest BCUT2D eigenvalue weighted by Crippen LogP contribution is -1.92. The SMILES string of the molecule is Cc1cc(Oc2c(C)cc(O)cc2C)cc(C)c1O.Cc1cc(Oc2c(C)cc(O)cc2C)cc(C)c1O.Cc1cc(Oc2c(C)cc(O)cc2C)cc(C)c1O. The van der Waals surface area contributed by atoms with Crippen molar-refractivity contribution in [3.05, 3.63) is 140 Å². The van der Waals surface area contributed by atoms with Gasteiger partial charge in [-0.05, 0) is 223 Å². The van der Waals surface area contributed by atoms with E-state index in [1.54, 1.807) is 72.8 Å². The van der Waals surface area contributed by atoms with Crippen LogP contribution in [-0.4, -0.2) is 30.6 Å². The maximum atomic E-state index is 9.75. The summed E-state index contributed by atoms with van der Waals surface area (Å²) in [5, 5.41) is 57.8. The van der Waals surface area contributed by atoms with Gasteiger partial charge in [-0.25, -0.2) is 0 Å². The zero-order valence-electron chi connectivity index (χ0n) is 34.8. The molecule has 0 aromatic heterocycles. The fourth-order valence-electron chi connectivity index (χ4n) is 6.54. The second-order valence-corrected chi connectivity index (χ2v) is 14.7. The lowest BCUT2D eigenvalue weighted by Gasteiger charge is -2.14. The van der Waals surface area contributed by atoms with Gasteiger partial charge in [-0.2, -0.15) is 0 Å². The van der Waals surface area contributed by atoms with Gasteiger partial charge >= 0.3 is 0 Å². The molecule has 0 unspecified atom stereocenters. The average Bonchev–Trinajstić information content (AvgIpc) is 3.10. The monoisotopic (exact) mass is 774 g/mol. The molecule has 6 aromatic carbocycles. The molecule has 0 saturated heterocycles. The summed E-state index contributed by atoms with van der Waals surface area (Å²) in [6.07, 6.45) is 0. The van der Waals surface area contributed by atoms with Crippen molar-refractivity contribution < 1.29 is 44.8 Å². The van der Waals surface area contributed by atoms with Crippen LogP contribution in [0.4, 0.5) is 0 Å². The Labute approximate surface area is 335 Å². The lowest BCUT2D eigenvalue weighted by atomic mass is 10.1. The predicted molar refractivity (Wildman–Crippen MR) is 226 cm³/mol. The molecule has 0 aliphatic heterocycles. The molecule has 0 aliphatic carbocycles. The van der Waals surface area contributed by atoms with Gasteiger partial charge in [-0.1, -0.05) is 0 Å². The Kier molecular flexibility index (Phi) is 13.6. The van der Waals surface area contributed by atoms with E-state index in [4.69, 9.17) is 14.2 Å². The Hall–Kier alpha value is -6.48. The highest BCUT2D eigenvalue weighted by Gasteiger charge is 2.13. The molecule has 0 bridgehead atoms. The first-order valence-electron chi connectivity index (χ1n) is 18.5. The number of phenols is 6. The molecule has 6 rings (SSSR count). The maximum absolute atomic E-state index is 9.75.